The molecule has 1 aliphatic heterocycles. The summed E-state index contributed by atoms with van der Waals surface area (Å²) in [5, 5.41) is 6.06. The number of rotatable bonds is 6. The maximum Gasteiger partial charge on any atom is 0.227 e. The van der Waals surface area contributed by atoms with Gasteiger partial charge in [0.2, 0.25) is 5.91 Å². The molecule has 6 nitrogen and oxygen atoms in total. The summed E-state index contributed by atoms with van der Waals surface area (Å²) < 4.78 is 6.06. The van der Waals surface area contributed by atoms with E-state index in [0.29, 0.717) is 6.54 Å². The van der Waals surface area contributed by atoms with E-state index in [1.54, 1.807) is 7.05 Å². The van der Waals surface area contributed by atoms with Gasteiger partial charge in [0.05, 0.1) is 12.0 Å². The largest absolute Gasteiger partial charge is 0.490 e. The normalized spacial score (nSPS) is 15.7. The molecule has 0 aliphatic carbocycles. The van der Waals surface area contributed by atoms with Crippen molar-refractivity contribution < 1.29 is 9.53 Å². The Kier molecular flexibility index (Phi) is 9.90. The molecule has 1 aromatic carbocycles. The number of halogens is 1. The molecule has 1 amide bonds. The van der Waals surface area contributed by atoms with Crippen molar-refractivity contribution in [3.05, 3.63) is 30.3 Å². The maximum atomic E-state index is 12.0. The first-order valence-electron chi connectivity index (χ1n) is 9.43. The molecule has 1 saturated heterocycles. The number of hydrogen-bond donors (Lipinski definition) is 2. The van der Waals surface area contributed by atoms with Crippen molar-refractivity contribution in [1.82, 2.24) is 15.5 Å². The summed E-state index contributed by atoms with van der Waals surface area (Å²) in [4.78, 5) is 18.9. The van der Waals surface area contributed by atoms with Crippen LogP contribution in [-0.2, 0) is 4.79 Å². The number of carbonyl (C=O) groups excluding carboxylic acids is 1. The summed E-state index contributed by atoms with van der Waals surface area (Å²) >= 11 is 0. The molecule has 7 heteroatoms. The molecule has 1 aliphatic rings. The van der Waals surface area contributed by atoms with Crippen LogP contribution in [0.1, 0.15) is 33.6 Å². The molecule has 0 saturated carbocycles. The van der Waals surface area contributed by atoms with Crippen molar-refractivity contribution in [3.63, 3.8) is 0 Å². The smallest absolute Gasteiger partial charge is 0.227 e. The fourth-order valence-electron chi connectivity index (χ4n) is 2.99. The average molecular weight is 488 g/mol. The second-order valence-electron chi connectivity index (χ2n) is 7.25. The monoisotopic (exact) mass is 488 g/mol. The summed E-state index contributed by atoms with van der Waals surface area (Å²) in [5.41, 5.74) is -0.524. The molecule has 1 aromatic rings. The molecule has 1 heterocycles. The first-order valence-corrected chi connectivity index (χ1v) is 9.43. The molecule has 0 unspecified atom stereocenters. The fourth-order valence-corrected chi connectivity index (χ4v) is 2.99. The maximum absolute atomic E-state index is 12.0. The van der Waals surface area contributed by atoms with Crippen LogP contribution in [0.25, 0.3) is 0 Å². The number of nitrogens with one attached hydrogen (secondary N) is 2. The molecular formula is C20H33IN4O2. The standard InChI is InChI=1S/C20H32N4O2.HI/c1-5-22-19(23-15-20(2,3)18(25)21-4)24-13-11-17(12-14-24)26-16-9-7-6-8-10-16;/h6-10,17H,5,11-15H2,1-4H3,(H,21,25)(H,22,23);1H. The lowest BCUT2D eigenvalue weighted by atomic mass is 9.93. The first-order chi connectivity index (χ1) is 12.5. The Labute approximate surface area is 180 Å². The van der Waals surface area contributed by atoms with Gasteiger partial charge in [-0.15, -0.1) is 24.0 Å². The van der Waals surface area contributed by atoms with Crippen LogP contribution in [0.2, 0.25) is 0 Å². The van der Waals surface area contributed by atoms with E-state index in [9.17, 15) is 4.79 Å². The highest BCUT2D eigenvalue weighted by Crippen LogP contribution is 2.20. The quantitative estimate of drug-likeness (QED) is 0.367. The van der Waals surface area contributed by atoms with Crippen molar-refractivity contribution in [1.29, 1.82) is 0 Å². The highest BCUT2D eigenvalue weighted by atomic mass is 127. The number of guanidine groups is 1. The molecule has 2 rings (SSSR count). The van der Waals surface area contributed by atoms with Gasteiger partial charge in [0, 0.05) is 39.5 Å². The van der Waals surface area contributed by atoms with E-state index in [1.807, 2.05) is 44.2 Å². The predicted octanol–water partition coefficient (Wildman–Crippen LogP) is 2.89. The number of hydrogen-bond acceptors (Lipinski definition) is 3. The summed E-state index contributed by atoms with van der Waals surface area (Å²) in [6.45, 7) is 8.94. The van der Waals surface area contributed by atoms with E-state index in [2.05, 4.69) is 22.5 Å². The van der Waals surface area contributed by atoms with Crippen LogP contribution in [0.3, 0.4) is 0 Å². The molecule has 0 radical (unpaired) electrons. The Morgan fingerprint density at radius 2 is 1.89 bits per heavy atom. The average Bonchev–Trinajstić information content (AvgIpc) is 2.66. The van der Waals surface area contributed by atoms with E-state index in [4.69, 9.17) is 9.73 Å². The van der Waals surface area contributed by atoms with E-state index < -0.39 is 5.41 Å². The summed E-state index contributed by atoms with van der Waals surface area (Å²) in [6, 6.07) is 9.98. The second-order valence-corrected chi connectivity index (χ2v) is 7.25. The number of amides is 1. The Bertz CT molecular complexity index is 599. The lowest BCUT2D eigenvalue weighted by Crippen LogP contribution is -2.48. The minimum atomic E-state index is -0.524. The minimum absolute atomic E-state index is 0. The van der Waals surface area contributed by atoms with Gasteiger partial charge in [-0.25, -0.2) is 0 Å². The molecule has 2 N–H and O–H groups in total. The summed E-state index contributed by atoms with van der Waals surface area (Å²) in [6.07, 6.45) is 2.15. The number of para-hydroxylation sites is 1. The van der Waals surface area contributed by atoms with E-state index in [0.717, 1.165) is 44.2 Å². The lowest BCUT2D eigenvalue weighted by molar-refractivity contribution is -0.128. The van der Waals surface area contributed by atoms with Crippen molar-refractivity contribution >= 4 is 35.8 Å². The minimum Gasteiger partial charge on any atom is -0.490 e. The van der Waals surface area contributed by atoms with Gasteiger partial charge in [-0.2, -0.15) is 0 Å². The Morgan fingerprint density at radius 3 is 2.44 bits per heavy atom. The zero-order valence-electron chi connectivity index (χ0n) is 16.8. The van der Waals surface area contributed by atoms with Crippen LogP contribution in [0.4, 0.5) is 0 Å². The van der Waals surface area contributed by atoms with Crippen LogP contribution >= 0.6 is 24.0 Å². The van der Waals surface area contributed by atoms with Gasteiger partial charge in [0.1, 0.15) is 11.9 Å². The van der Waals surface area contributed by atoms with Crippen LogP contribution in [-0.4, -0.2) is 56.1 Å². The van der Waals surface area contributed by atoms with Crippen LogP contribution in [0.15, 0.2) is 35.3 Å². The lowest BCUT2D eigenvalue weighted by Gasteiger charge is -2.34. The zero-order valence-corrected chi connectivity index (χ0v) is 19.2. The SMILES string of the molecule is CCNC(=NCC(C)(C)C(=O)NC)N1CCC(Oc2ccccc2)CC1.I. The van der Waals surface area contributed by atoms with Crippen molar-refractivity contribution in [2.45, 2.75) is 39.7 Å². The van der Waals surface area contributed by atoms with Crippen molar-refractivity contribution in [3.8, 4) is 5.75 Å². The number of likely N-dealkylation sites (tertiary alicyclic amines) is 1. The van der Waals surface area contributed by atoms with Crippen LogP contribution < -0.4 is 15.4 Å². The van der Waals surface area contributed by atoms with E-state index in [1.165, 1.54) is 0 Å². The van der Waals surface area contributed by atoms with Gasteiger partial charge in [-0.1, -0.05) is 18.2 Å². The molecule has 0 atom stereocenters. The van der Waals surface area contributed by atoms with Gasteiger partial charge in [-0.3, -0.25) is 9.79 Å². The Balaban J connectivity index is 0.00000364. The molecule has 0 spiro atoms. The van der Waals surface area contributed by atoms with Gasteiger partial charge in [0.25, 0.3) is 0 Å². The topological polar surface area (TPSA) is 66.0 Å². The first kappa shape index (κ1) is 23.5. The number of aliphatic imine (C=N–C) groups is 1. The summed E-state index contributed by atoms with van der Waals surface area (Å²) in [7, 11) is 1.66. The molecule has 0 aromatic heterocycles. The van der Waals surface area contributed by atoms with Crippen LogP contribution in [0.5, 0.6) is 5.75 Å². The van der Waals surface area contributed by atoms with Gasteiger partial charge in [0.15, 0.2) is 5.96 Å². The van der Waals surface area contributed by atoms with E-state index in [-0.39, 0.29) is 36.0 Å². The molecule has 1 fully saturated rings. The Morgan fingerprint density at radius 1 is 1.26 bits per heavy atom. The highest BCUT2D eigenvalue weighted by Gasteiger charge is 2.28. The third-order valence-electron chi connectivity index (χ3n) is 4.59. The fraction of sp³-hybridized carbons (Fsp3) is 0.600. The second kappa shape index (κ2) is 11.4. The summed E-state index contributed by atoms with van der Waals surface area (Å²) in [5.74, 6) is 1.81. The number of nitrogens with zero attached hydrogens (tertiary/aromatic N) is 2. The van der Waals surface area contributed by atoms with Gasteiger partial charge >= 0.3 is 0 Å². The Hall–Kier alpha value is -1.51. The molecule has 0 bridgehead atoms. The number of benzene rings is 1. The molecular weight excluding hydrogens is 455 g/mol. The third-order valence-corrected chi connectivity index (χ3v) is 4.59. The van der Waals surface area contributed by atoms with Gasteiger partial charge < -0.3 is 20.3 Å². The molecule has 27 heavy (non-hydrogen) atoms. The van der Waals surface area contributed by atoms with Crippen molar-refractivity contribution in [2.24, 2.45) is 10.4 Å². The number of piperidine rings is 1. The zero-order chi connectivity index (χ0) is 19.0. The van der Waals surface area contributed by atoms with Crippen molar-refractivity contribution in [2.75, 3.05) is 33.2 Å². The highest BCUT2D eigenvalue weighted by molar-refractivity contribution is 14.0. The number of carbonyl (C=O) groups is 1. The van der Waals surface area contributed by atoms with Gasteiger partial charge in [-0.05, 0) is 32.9 Å². The van der Waals surface area contributed by atoms with E-state index >= 15 is 0 Å². The number of ether oxygens (including phenoxy) is 1. The van der Waals surface area contributed by atoms with Crippen LogP contribution in [0, 0.1) is 5.41 Å². The third kappa shape index (κ3) is 7.20. The molecule has 152 valence electrons. The predicted molar refractivity (Wildman–Crippen MR) is 121 cm³/mol.